The van der Waals surface area contributed by atoms with E-state index in [9.17, 15) is 14.4 Å². The van der Waals surface area contributed by atoms with E-state index in [-0.39, 0.29) is 12.3 Å². The van der Waals surface area contributed by atoms with Gasteiger partial charge in [0, 0.05) is 19.0 Å². The Kier molecular flexibility index (Phi) is 6.22. The highest BCUT2D eigenvalue weighted by Gasteiger charge is 2.19. The first-order valence-electron chi connectivity index (χ1n) is 6.34. The van der Waals surface area contributed by atoms with Crippen molar-refractivity contribution in [2.24, 2.45) is 0 Å². The van der Waals surface area contributed by atoms with E-state index in [4.69, 9.17) is 5.11 Å². The van der Waals surface area contributed by atoms with Gasteiger partial charge in [-0.1, -0.05) is 18.2 Å². The first kappa shape index (κ1) is 15.7. The molecule has 1 aromatic carbocycles. The maximum Gasteiger partial charge on any atom is 0.326 e. The molecule has 2 amide bonds. The minimum Gasteiger partial charge on any atom is -0.480 e. The van der Waals surface area contributed by atoms with E-state index < -0.39 is 17.9 Å². The number of carboxylic acid groups (broad SMARTS) is 1. The van der Waals surface area contributed by atoms with Crippen LogP contribution in [0.1, 0.15) is 30.1 Å². The second-order valence-corrected chi connectivity index (χ2v) is 4.36. The molecular formula is C14H18N2O4. The largest absolute Gasteiger partial charge is 0.480 e. The summed E-state index contributed by atoms with van der Waals surface area (Å²) in [5.41, 5.74) is 0.417. The van der Waals surface area contributed by atoms with Crippen LogP contribution in [0.4, 0.5) is 0 Å². The Morgan fingerprint density at radius 2 is 1.85 bits per heavy atom. The average molecular weight is 278 g/mol. The van der Waals surface area contributed by atoms with Crippen molar-refractivity contribution < 1.29 is 19.5 Å². The van der Waals surface area contributed by atoms with Gasteiger partial charge < -0.3 is 15.7 Å². The standard InChI is InChI=1S/C14H18N2O4/c1-10(17)15-9-5-8-12(14(19)20)16-13(18)11-6-3-2-4-7-11/h2-4,6-7,12H,5,8-9H2,1H3,(H,15,17)(H,16,18)(H,19,20)/t12-/m0/s1. The first-order chi connectivity index (χ1) is 9.50. The van der Waals surface area contributed by atoms with Gasteiger partial charge in [0.1, 0.15) is 6.04 Å². The van der Waals surface area contributed by atoms with Crippen molar-refractivity contribution in [1.82, 2.24) is 10.6 Å². The van der Waals surface area contributed by atoms with Gasteiger partial charge in [-0.15, -0.1) is 0 Å². The minimum absolute atomic E-state index is 0.162. The SMILES string of the molecule is CC(=O)NCCC[C@H](NC(=O)c1ccccc1)C(=O)O. The van der Waals surface area contributed by atoms with Gasteiger partial charge in [-0.3, -0.25) is 9.59 Å². The van der Waals surface area contributed by atoms with Crippen LogP contribution in [0.3, 0.4) is 0 Å². The summed E-state index contributed by atoms with van der Waals surface area (Å²) in [4.78, 5) is 33.6. The number of carbonyl (C=O) groups excluding carboxylic acids is 2. The summed E-state index contributed by atoms with van der Waals surface area (Å²) in [7, 11) is 0. The summed E-state index contributed by atoms with van der Waals surface area (Å²) in [6, 6.07) is 7.47. The van der Waals surface area contributed by atoms with E-state index in [1.807, 2.05) is 0 Å². The van der Waals surface area contributed by atoms with Crippen LogP contribution in [0, 0.1) is 0 Å². The molecule has 1 atom stereocenters. The average Bonchev–Trinajstić information content (AvgIpc) is 2.42. The van der Waals surface area contributed by atoms with Crippen LogP contribution in [0.25, 0.3) is 0 Å². The molecule has 6 nitrogen and oxygen atoms in total. The Bertz CT molecular complexity index is 473. The fraction of sp³-hybridized carbons (Fsp3) is 0.357. The third-order valence-corrected chi connectivity index (χ3v) is 2.68. The smallest absolute Gasteiger partial charge is 0.326 e. The van der Waals surface area contributed by atoms with Crippen LogP contribution >= 0.6 is 0 Å². The van der Waals surface area contributed by atoms with E-state index in [1.54, 1.807) is 30.3 Å². The fourth-order valence-electron chi connectivity index (χ4n) is 1.66. The van der Waals surface area contributed by atoms with Crippen LogP contribution in [0.2, 0.25) is 0 Å². The maximum atomic E-state index is 11.9. The quantitative estimate of drug-likeness (QED) is 0.642. The Labute approximate surface area is 117 Å². The predicted octanol–water partition coefficient (Wildman–Crippen LogP) is 0.786. The Morgan fingerprint density at radius 1 is 1.20 bits per heavy atom. The normalized spacial score (nSPS) is 11.4. The molecular weight excluding hydrogens is 260 g/mol. The molecule has 0 bridgehead atoms. The van der Waals surface area contributed by atoms with Crippen LogP contribution in [-0.2, 0) is 9.59 Å². The Hall–Kier alpha value is -2.37. The minimum atomic E-state index is -1.09. The summed E-state index contributed by atoms with van der Waals surface area (Å²) in [5, 5.41) is 14.1. The van der Waals surface area contributed by atoms with E-state index in [1.165, 1.54) is 6.92 Å². The molecule has 0 radical (unpaired) electrons. The number of nitrogens with one attached hydrogen (secondary N) is 2. The Morgan fingerprint density at radius 3 is 2.40 bits per heavy atom. The molecule has 6 heteroatoms. The molecule has 3 N–H and O–H groups in total. The number of amides is 2. The zero-order chi connectivity index (χ0) is 15.0. The Balaban J connectivity index is 2.49. The zero-order valence-electron chi connectivity index (χ0n) is 11.3. The molecule has 0 aliphatic rings. The summed E-state index contributed by atoms with van der Waals surface area (Å²) in [5.74, 6) is -1.67. The van der Waals surface area contributed by atoms with Crippen LogP contribution in [0.5, 0.6) is 0 Å². The number of rotatable bonds is 7. The predicted molar refractivity (Wildman–Crippen MR) is 73.2 cm³/mol. The highest BCUT2D eigenvalue weighted by atomic mass is 16.4. The van der Waals surface area contributed by atoms with Crippen molar-refractivity contribution >= 4 is 17.8 Å². The third-order valence-electron chi connectivity index (χ3n) is 2.68. The maximum absolute atomic E-state index is 11.9. The van der Waals surface area contributed by atoms with Gasteiger partial charge in [0.05, 0.1) is 0 Å². The summed E-state index contributed by atoms with van der Waals surface area (Å²) in [6.45, 7) is 1.78. The number of carbonyl (C=O) groups is 3. The van der Waals surface area contributed by atoms with Crippen molar-refractivity contribution in [3.63, 3.8) is 0 Å². The third kappa shape index (κ3) is 5.51. The second-order valence-electron chi connectivity index (χ2n) is 4.36. The molecule has 1 rings (SSSR count). The molecule has 0 heterocycles. The molecule has 1 aromatic rings. The van der Waals surface area contributed by atoms with Gasteiger partial charge in [0.15, 0.2) is 0 Å². The van der Waals surface area contributed by atoms with Crippen molar-refractivity contribution in [1.29, 1.82) is 0 Å². The number of carboxylic acids is 1. The van der Waals surface area contributed by atoms with Crippen molar-refractivity contribution in [2.75, 3.05) is 6.54 Å². The van der Waals surface area contributed by atoms with Crippen LogP contribution < -0.4 is 10.6 Å². The van der Waals surface area contributed by atoms with Crippen molar-refractivity contribution in [3.8, 4) is 0 Å². The summed E-state index contributed by atoms with van der Waals surface area (Å²) < 4.78 is 0. The summed E-state index contributed by atoms with van der Waals surface area (Å²) in [6.07, 6.45) is 0.736. The highest BCUT2D eigenvalue weighted by molar-refractivity contribution is 5.96. The highest BCUT2D eigenvalue weighted by Crippen LogP contribution is 2.02. The van der Waals surface area contributed by atoms with Gasteiger partial charge in [0.25, 0.3) is 5.91 Å². The molecule has 0 unspecified atom stereocenters. The fourth-order valence-corrected chi connectivity index (χ4v) is 1.66. The lowest BCUT2D eigenvalue weighted by molar-refractivity contribution is -0.139. The van der Waals surface area contributed by atoms with Gasteiger partial charge in [-0.05, 0) is 25.0 Å². The zero-order valence-corrected chi connectivity index (χ0v) is 11.3. The molecule has 0 aliphatic heterocycles. The summed E-state index contributed by atoms with van der Waals surface area (Å²) >= 11 is 0. The topological polar surface area (TPSA) is 95.5 Å². The van der Waals surface area contributed by atoms with E-state index >= 15 is 0 Å². The van der Waals surface area contributed by atoms with E-state index in [0.717, 1.165) is 0 Å². The molecule has 0 spiro atoms. The second kappa shape index (κ2) is 7.93. The number of hydrogen-bond acceptors (Lipinski definition) is 3. The van der Waals surface area contributed by atoms with Gasteiger partial charge in [-0.25, -0.2) is 4.79 Å². The van der Waals surface area contributed by atoms with Gasteiger partial charge >= 0.3 is 5.97 Å². The number of aliphatic carboxylic acids is 1. The lowest BCUT2D eigenvalue weighted by atomic mass is 10.1. The molecule has 0 saturated heterocycles. The van der Waals surface area contributed by atoms with Crippen LogP contribution in [0.15, 0.2) is 30.3 Å². The van der Waals surface area contributed by atoms with Crippen molar-refractivity contribution in [2.45, 2.75) is 25.8 Å². The molecule has 20 heavy (non-hydrogen) atoms. The molecule has 0 aliphatic carbocycles. The van der Waals surface area contributed by atoms with Gasteiger partial charge in [0.2, 0.25) is 5.91 Å². The number of hydrogen-bond donors (Lipinski definition) is 3. The van der Waals surface area contributed by atoms with Crippen LogP contribution in [-0.4, -0.2) is 35.5 Å². The number of benzene rings is 1. The van der Waals surface area contributed by atoms with E-state index in [2.05, 4.69) is 10.6 Å². The lowest BCUT2D eigenvalue weighted by Crippen LogP contribution is -2.41. The monoisotopic (exact) mass is 278 g/mol. The first-order valence-corrected chi connectivity index (χ1v) is 6.34. The van der Waals surface area contributed by atoms with E-state index in [0.29, 0.717) is 18.5 Å². The van der Waals surface area contributed by atoms with Gasteiger partial charge in [-0.2, -0.15) is 0 Å². The molecule has 0 fully saturated rings. The molecule has 0 aromatic heterocycles. The molecule has 108 valence electrons. The molecule has 0 saturated carbocycles. The lowest BCUT2D eigenvalue weighted by Gasteiger charge is -2.14. The van der Waals surface area contributed by atoms with Crippen molar-refractivity contribution in [3.05, 3.63) is 35.9 Å².